The third kappa shape index (κ3) is 6.53. The second kappa shape index (κ2) is 9.81. The van der Waals surface area contributed by atoms with Gasteiger partial charge in [-0.1, -0.05) is 39.7 Å². The van der Waals surface area contributed by atoms with Gasteiger partial charge in [0.25, 0.3) is 0 Å². The molecule has 1 aromatic rings. The second-order valence-corrected chi connectivity index (χ2v) is 4.49. The number of aryl methyl sites for hydroxylation is 1. The maximum absolute atomic E-state index is 5.72. The molecule has 0 amide bonds. The van der Waals surface area contributed by atoms with Crippen LogP contribution in [0.3, 0.4) is 0 Å². The normalized spacial score (nSPS) is 11.2. The summed E-state index contributed by atoms with van der Waals surface area (Å²) in [5, 5.41) is 0. The zero-order chi connectivity index (χ0) is 14.0. The standard InChI is InChI=1S/C12H18O2.C4H10/c1-5-10(3)14-11-7-6-9(2)8-12(11)13-4;1-3-4-2/h6-8,10H,5H2,1-4H3;3-4H2,1-2H3. The molecule has 104 valence electrons. The fourth-order valence-corrected chi connectivity index (χ4v) is 1.17. The molecule has 0 heterocycles. The van der Waals surface area contributed by atoms with Gasteiger partial charge in [0.15, 0.2) is 11.5 Å². The van der Waals surface area contributed by atoms with Crippen molar-refractivity contribution in [1.29, 1.82) is 0 Å². The molecular weight excluding hydrogens is 224 g/mol. The van der Waals surface area contributed by atoms with E-state index in [2.05, 4.69) is 27.7 Å². The molecule has 2 heteroatoms. The summed E-state index contributed by atoms with van der Waals surface area (Å²) in [6.45, 7) is 10.6. The van der Waals surface area contributed by atoms with Crippen molar-refractivity contribution in [2.75, 3.05) is 7.11 Å². The van der Waals surface area contributed by atoms with E-state index in [1.165, 1.54) is 18.4 Å². The van der Waals surface area contributed by atoms with Gasteiger partial charge in [-0.25, -0.2) is 0 Å². The van der Waals surface area contributed by atoms with Gasteiger partial charge in [-0.3, -0.25) is 0 Å². The van der Waals surface area contributed by atoms with Crippen molar-refractivity contribution in [1.82, 2.24) is 0 Å². The maximum Gasteiger partial charge on any atom is 0.161 e. The van der Waals surface area contributed by atoms with Gasteiger partial charge in [0.2, 0.25) is 0 Å². The van der Waals surface area contributed by atoms with E-state index in [4.69, 9.17) is 9.47 Å². The Hall–Kier alpha value is -1.18. The molecule has 0 N–H and O–H groups in total. The van der Waals surface area contributed by atoms with E-state index < -0.39 is 0 Å². The van der Waals surface area contributed by atoms with Gasteiger partial charge in [-0.15, -0.1) is 0 Å². The summed E-state index contributed by atoms with van der Waals surface area (Å²) < 4.78 is 11.0. The lowest BCUT2D eigenvalue weighted by atomic mass is 10.2. The summed E-state index contributed by atoms with van der Waals surface area (Å²) in [6, 6.07) is 5.97. The third-order valence-corrected chi connectivity index (χ3v) is 2.72. The molecular formula is C16H28O2. The summed E-state index contributed by atoms with van der Waals surface area (Å²) in [6.07, 6.45) is 3.86. The lowest BCUT2D eigenvalue weighted by Gasteiger charge is -2.15. The monoisotopic (exact) mass is 252 g/mol. The molecule has 0 aliphatic carbocycles. The molecule has 0 fully saturated rings. The molecule has 18 heavy (non-hydrogen) atoms. The molecule has 0 aliphatic rings. The zero-order valence-corrected chi connectivity index (χ0v) is 12.7. The van der Waals surface area contributed by atoms with Gasteiger partial charge in [0.1, 0.15) is 0 Å². The van der Waals surface area contributed by atoms with Crippen molar-refractivity contribution in [3.05, 3.63) is 23.8 Å². The topological polar surface area (TPSA) is 18.5 Å². The van der Waals surface area contributed by atoms with E-state index in [0.29, 0.717) is 0 Å². The molecule has 0 radical (unpaired) electrons. The fourth-order valence-electron chi connectivity index (χ4n) is 1.17. The van der Waals surface area contributed by atoms with Gasteiger partial charge in [-0.2, -0.15) is 0 Å². The highest BCUT2D eigenvalue weighted by Crippen LogP contribution is 2.28. The van der Waals surface area contributed by atoms with E-state index >= 15 is 0 Å². The number of rotatable bonds is 5. The largest absolute Gasteiger partial charge is 0.493 e. The van der Waals surface area contributed by atoms with Gasteiger partial charge in [0, 0.05) is 0 Å². The Bertz CT molecular complexity index is 319. The van der Waals surface area contributed by atoms with Crippen molar-refractivity contribution in [3.8, 4) is 11.5 Å². The minimum atomic E-state index is 0.228. The summed E-state index contributed by atoms with van der Waals surface area (Å²) in [4.78, 5) is 0. The highest BCUT2D eigenvalue weighted by Gasteiger charge is 2.07. The Morgan fingerprint density at radius 1 is 1.06 bits per heavy atom. The van der Waals surface area contributed by atoms with Gasteiger partial charge < -0.3 is 9.47 Å². The Labute approximate surface area is 112 Å². The number of hydrogen-bond acceptors (Lipinski definition) is 2. The van der Waals surface area contributed by atoms with Crippen molar-refractivity contribution < 1.29 is 9.47 Å². The number of methoxy groups -OCH3 is 1. The number of ether oxygens (including phenoxy) is 2. The first-order chi connectivity index (χ1) is 8.58. The van der Waals surface area contributed by atoms with Gasteiger partial charge in [0.05, 0.1) is 13.2 Å². The van der Waals surface area contributed by atoms with Crippen molar-refractivity contribution in [2.24, 2.45) is 0 Å². The Kier molecular flexibility index (Phi) is 9.17. The average molecular weight is 252 g/mol. The summed E-state index contributed by atoms with van der Waals surface area (Å²) in [5.41, 5.74) is 1.18. The molecule has 0 bridgehead atoms. The first kappa shape index (κ1) is 16.8. The molecule has 0 spiro atoms. The van der Waals surface area contributed by atoms with Crippen LogP contribution in [0.5, 0.6) is 11.5 Å². The van der Waals surface area contributed by atoms with E-state index in [1.54, 1.807) is 7.11 Å². The molecule has 1 unspecified atom stereocenters. The van der Waals surface area contributed by atoms with Crippen LogP contribution in [0.25, 0.3) is 0 Å². The maximum atomic E-state index is 5.72. The van der Waals surface area contributed by atoms with E-state index in [9.17, 15) is 0 Å². The van der Waals surface area contributed by atoms with Crippen LogP contribution in [-0.2, 0) is 0 Å². The number of benzene rings is 1. The lowest BCUT2D eigenvalue weighted by Crippen LogP contribution is -2.10. The Morgan fingerprint density at radius 3 is 2.11 bits per heavy atom. The SMILES string of the molecule is CCC(C)Oc1ccc(C)cc1OC.CCCC. The molecule has 0 saturated carbocycles. The Morgan fingerprint density at radius 2 is 1.67 bits per heavy atom. The number of unbranched alkanes of at least 4 members (excludes halogenated alkanes) is 1. The smallest absolute Gasteiger partial charge is 0.161 e. The quantitative estimate of drug-likeness (QED) is 0.735. The van der Waals surface area contributed by atoms with Crippen LogP contribution in [0.2, 0.25) is 0 Å². The van der Waals surface area contributed by atoms with Crippen LogP contribution in [-0.4, -0.2) is 13.2 Å². The number of hydrogen-bond donors (Lipinski definition) is 0. The second-order valence-electron chi connectivity index (χ2n) is 4.49. The minimum absolute atomic E-state index is 0.228. The van der Waals surface area contributed by atoms with Crippen LogP contribution in [0.4, 0.5) is 0 Å². The van der Waals surface area contributed by atoms with Crippen LogP contribution in [0, 0.1) is 6.92 Å². The zero-order valence-electron chi connectivity index (χ0n) is 12.7. The minimum Gasteiger partial charge on any atom is -0.493 e. The summed E-state index contributed by atoms with van der Waals surface area (Å²) in [7, 11) is 1.66. The average Bonchev–Trinajstić information content (AvgIpc) is 2.40. The van der Waals surface area contributed by atoms with Crippen LogP contribution >= 0.6 is 0 Å². The van der Waals surface area contributed by atoms with Crippen molar-refractivity contribution >= 4 is 0 Å². The molecule has 0 aromatic heterocycles. The molecule has 0 saturated heterocycles. The molecule has 2 nitrogen and oxygen atoms in total. The van der Waals surface area contributed by atoms with E-state index in [1.807, 2.05) is 25.1 Å². The van der Waals surface area contributed by atoms with Crippen LogP contribution < -0.4 is 9.47 Å². The summed E-state index contributed by atoms with van der Waals surface area (Å²) >= 11 is 0. The first-order valence-electron chi connectivity index (χ1n) is 6.90. The lowest BCUT2D eigenvalue weighted by molar-refractivity contribution is 0.207. The summed E-state index contributed by atoms with van der Waals surface area (Å²) in [5.74, 6) is 1.64. The van der Waals surface area contributed by atoms with Crippen molar-refractivity contribution in [2.45, 2.75) is 60.0 Å². The van der Waals surface area contributed by atoms with Gasteiger partial charge >= 0.3 is 0 Å². The fraction of sp³-hybridized carbons (Fsp3) is 0.625. The highest BCUT2D eigenvalue weighted by molar-refractivity contribution is 5.42. The molecule has 0 aliphatic heterocycles. The van der Waals surface area contributed by atoms with E-state index in [0.717, 1.165) is 17.9 Å². The Balaban J connectivity index is 0.000000631. The predicted octanol–water partition coefficient (Wildman–Crippen LogP) is 4.99. The van der Waals surface area contributed by atoms with Crippen LogP contribution in [0.15, 0.2) is 18.2 Å². The molecule has 1 rings (SSSR count). The predicted molar refractivity (Wildman–Crippen MR) is 78.7 cm³/mol. The van der Waals surface area contributed by atoms with Crippen molar-refractivity contribution in [3.63, 3.8) is 0 Å². The third-order valence-electron chi connectivity index (χ3n) is 2.72. The first-order valence-corrected chi connectivity index (χ1v) is 6.90. The molecule has 1 atom stereocenters. The van der Waals surface area contributed by atoms with Gasteiger partial charge in [-0.05, 0) is 38.0 Å². The van der Waals surface area contributed by atoms with Crippen LogP contribution in [0.1, 0.15) is 52.5 Å². The van der Waals surface area contributed by atoms with E-state index in [-0.39, 0.29) is 6.10 Å². The highest BCUT2D eigenvalue weighted by atomic mass is 16.5. The molecule has 1 aromatic carbocycles.